The van der Waals surface area contributed by atoms with Gasteiger partial charge in [-0.1, -0.05) is 0 Å². The van der Waals surface area contributed by atoms with Crippen molar-refractivity contribution in [3.63, 3.8) is 0 Å². The van der Waals surface area contributed by atoms with Crippen molar-refractivity contribution in [2.45, 2.75) is 0 Å². The van der Waals surface area contributed by atoms with Crippen LogP contribution < -0.4 is 29.0 Å². The Hall–Kier alpha value is -3.87. The fraction of sp³-hybridized carbons (Fsp3) is 0.0952. The molecule has 0 saturated heterocycles. The quantitative estimate of drug-likeness (QED) is 0.735. The molecular formula is C21H15NO6. The van der Waals surface area contributed by atoms with E-state index in [0.717, 1.165) is 0 Å². The van der Waals surface area contributed by atoms with E-state index in [-0.39, 0.29) is 19.5 Å². The summed E-state index contributed by atoms with van der Waals surface area (Å²) in [5.74, 6) is 3.62. The monoisotopic (exact) mass is 377 g/mol. The van der Waals surface area contributed by atoms with E-state index in [2.05, 4.69) is 5.32 Å². The normalized spacial score (nSPS) is 13.3. The number of benzene rings is 3. The Morgan fingerprint density at radius 2 is 1.32 bits per heavy atom. The molecular weight excluding hydrogens is 362 g/mol. The van der Waals surface area contributed by atoms with Crippen LogP contribution in [0, 0.1) is 0 Å². The second kappa shape index (κ2) is 6.70. The van der Waals surface area contributed by atoms with Crippen molar-refractivity contribution in [2.75, 3.05) is 18.9 Å². The van der Waals surface area contributed by atoms with Crippen molar-refractivity contribution < 1.29 is 28.5 Å². The lowest BCUT2D eigenvalue weighted by Gasteiger charge is -2.09. The molecule has 7 heteroatoms. The highest BCUT2D eigenvalue weighted by Gasteiger charge is 2.17. The SMILES string of the molecule is O=C(Nc1ccc(Oc2ccc3c(c2)OCO3)cc1)c1ccc2c(c1)OCO2. The average molecular weight is 377 g/mol. The molecule has 0 aliphatic carbocycles. The van der Waals surface area contributed by atoms with E-state index < -0.39 is 0 Å². The van der Waals surface area contributed by atoms with Crippen molar-refractivity contribution in [3.05, 3.63) is 66.2 Å². The molecule has 0 fully saturated rings. The maximum absolute atomic E-state index is 12.4. The highest BCUT2D eigenvalue weighted by atomic mass is 16.7. The topological polar surface area (TPSA) is 75.3 Å². The van der Waals surface area contributed by atoms with Gasteiger partial charge in [-0.2, -0.15) is 0 Å². The van der Waals surface area contributed by atoms with Crippen LogP contribution in [0.3, 0.4) is 0 Å². The van der Waals surface area contributed by atoms with Crippen LogP contribution in [0.15, 0.2) is 60.7 Å². The van der Waals surface area contributed by atoms with Gasteiger partial charge in [0.15, 0.2) is 23.0 Å². The van der Waals surface area contributed by atoms with Crippen LogP contribution in [0.2, 0.25) is 0 Å². The Labute approximate surface area is 160 Å². The van der Waals surface area contributed by atoms with Crippen LogP contribution in [-0.2, 0) is 0 Å². The summed E-state index contributed by atoms with van der Waals surface area (Å²) in [7, 11) is 0. The molecule has 1 N–H and O–H groups in total. The van der Waals surface area contributed by atoms with E-state index in [1.165, 1.54) is 0 Å². The molecule has 1 amide bonds. The summed E-state index contributed by atoms with van der Waals surface area (Å²) in [6.07, 6.45) is 0. The van der Waals surface area contributed by atoms with Gasteiger partial charge < -0.3 is 29.0 Å². The first-order chi connectivity index (χ1) is 13.7. The molecule has 7 nitrogen and oxygen atoms in total. The molecule has 5 rings (SSSR count). The molecule has 2 aliphatic heterocycles. The van der Waals surface area contributed by atoms with E-state index >= 15 is 0 Å². The highest BCUT2D eigenvalue weighted by molar-refractivity contribution is 6.04. The Kier molecular flexibility index (Phi) is 3.90. The third kappa shape index (κ3) is 3.14. The van der Waals surface area contributed by atoms with E-state index in [0.29, 0.717) is 45.7 Å². The summed E-state index contributed by atoms with van der Waals surface area (Å²) >= 11 is 0. The molecule has 2 heterocycles. The summed E-state index contributed by atoms with van der Waals surface area (Å²) < 4.78 is 27.0. The van der Waals surface area contributed by atoms with Gasteiger partial charge in [0.05, 0.1) is 0 Å². The molecule has 0 radical (unpaired) electrons. The van der Waals surface area contributed by atoms with Crippen LogP contribution in [0.25, 0.3) is 0 Å². The van der Waals surface area contributed by atoms with E-state index in [9.17, 15) is 4.79 Å². The van der Waals surface area contributed by atoms with Gasteiger partial charge >= 0.3 is 0 Å². The van der Waals surface area contributed by atoms with Gasteiger partial charge in [0.1, 0.15) is 11.5 Å². The second-order valence-corrected chi connectivity index (χ2v) is 6.16. The second-order valence-electron chi connectivity index (χ2n) is 6.16. The van der Waals surface area contributed by atoms with Gasteiger partial charge in [-0.25, -0.2) is 0 Å². The van der Waals surface area contributed by atoms with Gasteiger partial charge in [0, 0.05) is 17.3 Å². The molecule has 3 aromatic carbocycles. The third-order valence-corrected chi connectivity index (χ3v) is 4.33. The third-order valence-electron chi connectivity index (χ3n) is 4.33. The molecule has 0 spiro atoms. The van der Waals surface area contributed by atoms with Crippen molar-refractivity contribution in [1.82, 2.24) is 0 Å². The van der Waals surface area contributed by atoms with Crippen molar-refractivity contribution in [1.29, 1.82) is 0 Å². The standard InChI is InChI=1S/C21H15NO6/c23-21(13-1-7-17-19(9-13)26-11-24-17)22-14-2-4-15(5-3-14)28-16-6-8-18-20(10-16)27-12-25-18/h1-10H,11-12H2,(H,22,23). The molecule has 0 saturated carbocycles. The number of hydrogen-bond acceptors (Lipinski definition) is 6. The maximum Gasteiger partial charge on any atom is 0.255 e. The number of hydrogen-bond donors (Lipinski definition) is 1. The summed E-state index contributed by atoms with van der Waals surface area (Å²) in [6.45, 7) is 0.391. The molecule has 0 atom stereocenters. The van der Waals surface area contributed by atoms with Crippen LogP contribution in [-0.4, -0.2) is 19.5 Å². The molecule has 0 aromatic heterocycles. The van der Waals surface area contributed by atoms with Gasteiger partial charge in [-0.3, -0.25) is 4.79 Å². The minimum Gasteiger partial charge on any atom is -0.457 e. The Morgan fingerprint density at radius 3 is 2.07 bits per heavy atom. The molecule has 0 bridgehead atoms. The summed E-state index contributed by atoms with van der Waals surface area (Å²) in [5.41, 5.74) is 1.14. The van der Waals surface area contributed by atoms with Crippen molar-refractivity contribution in [2.24, 2.45) is 0 Å². The Morgan fingerprint density at radius 1 is 0.714 bits per heavy atom. The zero-order valence-corrected chi connectivity index (χ0v) is 14.6. The number of carbonyl (C=O) groups is 1. The number of amides is 1. The fourth-order valence-corrected chi connectivity index (χ4v) is 2.92. The zero-order chi connectivity index (χ0) is 18.9. The molecule has 140 valence electrons. The molecule has 0 unspecified atom stereocenters. The minimum atomic E-state index is -0.234. The summed E-state index contributed by atoms with van der Waals surface area (Å²) in [4.78, 5) is 12.4. The maximum atomic E-state index is 12.4. The van der Waals surface area contributed by atoms with E-state index in [4.69, 9.17) is 23.7 Å². The zero-order valence-electron chi connectivity index (χ0n) is 14.6. The minimum absolute atomic E-state index is 0.172. The summed E-state index contributed by atoms with van der Waals surface area (Å²) in [5, 5.41) is 2.85. The highest BCUT2D eigenvalue weighted by Crippen LogP contribution is 2.37. The van der Waals surface area contributed by atoms with Gasteiger partial charge in [-0.15, -0.1) is 0 Å². The van der Waals surface area contributed by atoms with Gasteiger partial charge in [0.25, 0.3) is 5.91 Å². The van der Waals surface area contributed by atoms with Crippen LogP contribution in [0.4, 0.5) is 5.69 Å². The largest absolute Gasteiger partial charge is 0.457 e. The first-order valence-electron chi connectivity index (χ1n) is 8.63. The van der Waals surface area contributed by atoms with Crippen molar-refractivity contribution >= 4 is 11.6 Å². The Balaban J connectivity index is 1.25. The van der Waals surface area contributed by atoms with E-state index in [1.54, 1.807) is 54.6 Å². The molecule has 3 aromatic rings. The van der Waals surface area contributed by atoms with Crippen LogP contribution >= 0.6 is 0 Å². The number of ether oxygens (including phenoxy) is 5. The average Bonchev–Trinajstić information content (AvgIpc) is 3.37. The van der Waals surface area contributed by atoms with E-state index in [1.807, 2.05) is 6.07 Å². The number of anilines is 1. The lowest BCUT2D eigenvalue weighted by atomic mass is 10.2. The van der Waals surface area contributed by atoms with Gasteiger partial charge in [-0.05, 0) is 54.6 Å². The smallest absolute Gasteiger partial charge is 0.255 e. The number of fused-ring (bicyclic) bond motifs is 2. The predicted octanol–water partition coefficient (Wildman–Crippen LogP) is 4.19. The number of carbonyl (C=O) groups excluding carboxylic acids is 1. The lowest BCUT2D eigenvalue weighted by Crippen LogP contribution is -2.11. The first kappa shape index (κ1) is 16.3. The summed E-state index contributed by atoms with van der Waals surface area (Å²) in [6, 6.07) is 17.6. The van der Waals surface area contributed by atoms with Crippen molar-refractivity contribution in [3.8, 4) is 34.5 Å². The van der Waals surface area contributed by atoms with Gasteiger partial charge in [0.2, 0.25) is 13.6 Å². The number of rotatable bonds is 4. The molecule has 2 aliphatic rings. The van der Waals surface area contributed by atoms with Crippen LogP contribution in [0.5, 0.6) is 34.5 Å². The fourth-order valence-electron chi connectivity index (χ4n) is 2.92. The van der Waals surface area contributed by atoms with Crippen LogP contribution in [0.1, 0.15) is 10.4 Å². The number of nitrogens with one attached hydrogen (secondary N) is 1. The molecule has 28 heavy (non-hydrogen) atoms. The Bertz CT molecular complexity index is 1050. The predicted molar refractivity (Wildman–Crippen MR) is 99.6 cm³/mol. The first-order valence-corrected chi connectivity index (χ1v) is 8.63. The lowest BCUT2D eigenvalue weighted by molar-refractivity contribution is 0.102.